The molecule has 0 radical (unpaired) electrons. The largest absolute Gasteiger partial charge is 0.497 e. The molecule has 1 aliphatic rings. The van der Waals surface area contributed by atoms with Crippen molar-refractivity contribution in [2.24, 2.45) is 0 Å². The highest BCUT2D eigenvalue weighted by molar-refractivity contribution is 5.89. The molecule has 1 aromatic carbocycles. The summed E-state index contributed by atoms with van der Waals surface area (Å²) >= 11 is 0. The number of nitrogens with zero attached hydrogens (tertiary/aromatic N) is 1. The Morgan fingerprint density at radius 3 is 2.75 bits per heavy atom. The number of anilines is 1. The third-order valence-corrected chi connectivity index (χ3v) is 3.11. The van der Waals surface area contributed by atoms with Crippen molar-refractivity contribution in [1.82, 2.24) is 5.32 Å². The third kappa shape index (κ3) is 3.20. The van der Waals surface area contributed by atoms with Gasteiger partial charge in [-0.3, -0.25) is 9.69 Å². The molecule has 6 nitrogen and oxygen atoms in total. The van der Waals surface area contributed by atoms with Crippen LogP contribution in [0, 0.1) is 0 Å². The predicted octanol–water partition coefficient (Wildman–Crippen LogP) is 1.55. The third-order valence-electron chi connectivity index (χ3n) is 3.11. The molecule has 1 heterocycles. The van der Waals surface area contributed by atoms with Crippen molar-refractivity contribution in [3.63, 3.8) is 0 Å². The summed E-state index contributed by atoms with van der Waals surface area (Å²) in [5.41, 5.74) is 0.750. The Hall–Kier alpha value is -2.24. The molecule has 2 rings (SSSR count). The van der Waals surface area contributed by atoms with Crippen LogP contribution in [0.4, 0.5) is 10.5 Å². The van der Waals surface area contributed by atoms with Gasteiger partial charge in [0.25, 0.3) is 0 Å². The lowest BCUT2D eigenvalue weighted by Gasteiger charge is -2.13. The van der Waals surface area contributed by atoms with Crippen LogP contribution in [-0.4, -0.2) is 38.3 Å². The summed E-state index contributed by atoms with van der Waals surface area (Å²) in [6, 6.07) is 7.17. The number of nitrogens with one attached hydrogen (secondary N) is 1. The van der Waals surface area contributed by atoms with Crippen LogP contribution in [0.2, 0.25) is 0 Å². The number of rotatable bonds is 5. The second-order valence-electron chi connectivity index (χ2n) is 4.47. The molecular formula is C14H18N2O4. The fourth-order valence-corrected chi connectivity index (χ4v) is 1.95. The number of hydrogen-bond donors (Lipinski definition) is 1. The van der Waals surface area contributed by atoms with Crippen LogP contribution in [0.15, 0.2) is 24.3 Å². The average molecular weight is 278 g/mol. The summed E-state index contributed by atoms with van der Waals surface area (Å²) in [7, 11) is 1.59. The molecule has 1 atom stereocenters. The topological polar surface area (TPSA) is 67.9 Å². The highest BCUT2D eigenvalue weighted by atomic mass is 16.6. The molecule has 2 amide bonds. The van der Waals surface area contributed by atoms with E-state index in [1.165, 1.54) is 0 Å². The van der Waals surface area contributed by atoms with Gasteiger partial charge in [-0.2, -0.15) is 0 Å². The molecule has 0 aromatic heterocycles. The van der Waals surface area contributed by atoms with Gasteiger partial charge in [0.2, 0.25) is 5.91 Å². The first-order valence-corrected chi connectivity index (χ1v) is 6.53. The first-order chi connectivity index (χ1) is 9.63. The average Bonchev–Trinajstić information content (AvgIpc) is 2.86. The summed E-state index contributed by atoms with van der Waals surface area (Å²) in [6.07, 6.45) is -0.297. The molecule has 0 spiro atoms. The quantitative estimate of drug-likeness (QED) is 0.887. The molecule has 20 heavy (non-hydrogen) atoms. The van der Waals surface area contributed by atoms with E-state index in [0.29, 0.717) is 19.5 Å². The fourth-order valence-electron chi connectivity index (χ4n) is 1.95. The summed E-state index contributed by atoms with van der Waals surface area (Å²) in [6.45, 7) is 2.54. The highest BCUT2D eigenvalue weighted by Crippen LogP contribution is 2.23. The molecule has 0 aliphatic carbocycles. The monoisotopic (exact) mass is 278 g/mol. The molecule has 1 aromatic rings. The van der Waals surface area contributed by atoms with Crippen molar-refractivity contribution in [2.75, 3.05) is 25.1 Å². The van der Waals surface area contributed by atoms with Gasteiger partial charge < -0.3 is 14.8 Å². The number of amides is 2. The van der Waals surface area contributed by atoms with E-state index in [9.17, 15) is 9.59 Å². The van der Waals surface area contributed by atoms with E-state index in [2.05, 4.69) is 5.32 Å². The molecule has 0 saturated carbocycles. The number of benzene rings is 1. The van der Waals surface area contributed by atoms with E-state index in [0.717, 1.165) is 11.4 Å². The van der Waals surface area contributed by atoms with Crippen molar-refractivity contribution in [3.05, 3.63) is 24.3 Å². The number of cyclic esters (lactones) is 1. The van der Waals surface area contributed by atoms with Crippen molar-refractivity contribution in [3.8, 4) is 5.75 Å². The minimum atomic E-state index is -0.397. The SMILES string of the molecule is CCC(=O)NC[C@H]1CN(c2ccc(OC)cc2)C(=O)O1. The summed E-state index contributed by atoms with van der Waals surface area (Å²) in [4.78, 5) is 24.6. The van der Waals surface area contributed by atoms with Crippen LogP contribution in [-0.2, 0) is 9.53 Å². The molecular weight excluding hydrogens is 260 g/mol. The van der Waals surface area contributed by atoms with E-state index < -0.39 is 6.09 Å². The molecule has 1 fully saturated rings. The smallest absolute Gasteiger partial charge is 0.414 e. The molecule has 1 N–H and O–H groups in total. The minimum absolute atomic E-state index is 0.0519. The lowest BCUT2D eigenvalue weighted by molar-refractivity contribution is -0.121. The minimum Gasteiger partial charge on any atom is -0.497 e. The zero-order valence-electron chi connectivity index (χ0n) is 11.6. The Labute approximate surface area is 117 Å². The van der Waals surface area contributed by atoms with E-state index in [4.69, 9.17) is 9.47 Å². The molecule has 1 saturated heterocycles. The van der Waals surface area contributed by atoms with E-state index in [1.807, 2.05) is 0 Å². The van der Waals surface area contributed by atoms with E-state index >= 15 is 0 Å². The lowest BCUT2D eigenvalue weighted by atomic mass is 10.2. The number of ether oxygens (including phenoxy) is 2. The molecule has 6 heteroatoms. The van der Waals surface area contributed by atoms with Gasteiger partial charge in [-0.25, -0.2) is 4.79 Å². The van der Waals surface area contributed by atoms with Crippen LogP contribution in [0.3, 0.4) is 0 Å². The molecule has 108 valence electrons. The van der Waals surface area contributed by atoms with Gasteiger partial charge in [-0.15, -0.1) is 0 Å². The summed E-state index contributed by atoms with van der Waals surface area (Å²) in [5, 5.41) is 2.72. The summed E-state index contributed by atoms with van der Waals surface area (Å²) < 4.78 is 10.3. The van der Waals surface area contributed by atoms with E-state index in [-0.39, 0.29) is 12.0 Å². The Morgan fingerprint density at radius 1 is 1.45 bits per heavy atom. The summed E-state index contributed by atoms with van der Waals surface area (Å²) in [5.74, 6) is 0.678. The molecule has 1 aliphatic heterocycles. The second kappa shape index (κ2) is 6.27. The molecule has 0 bridgehead atoms. The number of carbonyl (C=O) groups excluding carboxylic acids is 2. The van der Waals surface area contributed by atoms with Crippen molar-refractivity contribution in [1.29, 1.82) is 0 Å². The van der Waals surface area contributed by atoms with Crippen molar-refractivity contribution < 1.29 is 19.1 Å². The first-order valence-electron chi connectivity index (χ1n) is 6.53. The molecule has 0 unspecified atom stereocenters. The van der Waals surface area contributed by atoms with Crippen LogP contribution in [0.5, 0.6) is 5.75 Å². The van der Waals surface area contributed by atoms with Gasteiger partial charge in [0.1, 0.15) is 11.9 Å². The first kappa shape index (κ1) is 14.2. The number of methoxy groups -OCH3 is 1. The van der Waals surface area contributed by atoms with Crippen LogP contribution in [0.1, 0.15) is 13.3 Å². The maximum absolute atomic E-state index is 11.8. The van der Waals surface area contributed by atoms with Crippen molar-refractivity contribution >= 4 is 17.7 Å². The Bertz CT molecular complexity index is 486. The van der Waals surface area contributed by atoms with Crippen molar-refractivity contribution in [2.45, 2.75) is 19.4 Å². The van der Waals surface area contributed by atoms with Gasteiger partial charge in [0.15, 0.2) is 0 Å². The van der Waals surface area contributed by atoms with Gasteiger partial charge in [0, 0.05) is 12.1 Å². The Balaban J connectivity index is 1.96. The van der Waals surface area contributed by atoms with E-state index in [1.54, 1.807) is 43.2 Å². The number of hydrogen-bond acceptors (Lipinski definition) is 4. The van der Waals surface area contributed by atoms with Crippen LogP contribution < -0.4 is 15.0 Å². The maximum Gasteiger partial charge on any atom is 0.414 e. The van der Waals surface area contributed by atoms with Crippen LogP contribution >= 0.6 is 0 Å². The maximum atomic E-state index is 11.8. The zero-order chi connectivity index (χ0) is 14.5. The number of carbonyl (C=O) groups is 2. The fraction of sp³-hybridized carbons (Fsp3) is 0.429. The lowest BCUT2D eigenvalue weighted by Crippen LogP contribution is -2.34. The second-order valence-corrected chi connectivity index (χ2v) is 4.47. The standard InChI is InChI=1S/C14H18N2O4/c1-3-13(17)15-8-12-9-16(14(18)20-12)10-4-6-11(19-2)7-5-10/h4-7,12H,3,8-9H2,1-2H3,(H,15,17)/t12-/m0/s1. The zero-order valence-corrected chi connectivity index (χ0v) is 11.6. The highest BCUT2D eigenvalue weighted by Gasteiger charge is 2.32. The predicted molar refractivity (Wildman–Crippen MR) is 73.9 cm³/mol. The Kier molecular flexibility index (Phi) is 4.45. The Morgan fingerprint density at radius 2 is 2.15 bits per heavy atom. The van der Waals surface area contributed by atoms with Gasteiger partial charge in [-0.05, 0) is 24.3 Å². The normalized spacial score (nSPS) is 17.8. The van der Waals surface area contributed by atoms with Crippen LogP contribution in [0.25, 0.3) is 0 Å². The van der Waals surface area contributed by atoms with Gasteiger partial charge in [0.05, 0.1) is 20.2 Å². The van der Waals surface area contributed by atoms with Gasteiger partial charge in [-0.1, -0.05) is 6.92 Å². The van der Waals surface area contributed by atoms with Gasteiger partial charge >= 0.3 is 6.09 Å².